The Hall–Kier alpha value is -2.70. The van der Waals surface area contributed by atoms with Crippen molar-refractivity contribution in [3.8, 4) is 5.82 Å². The van der Waals surface area contributed by atoms with Gasteiger partial charge in [0.2, 0.25) is 0 Å². The Labute approximate surface area is 128 Å². The predicted octanol–water partition coefficient (Wildman–Crippen LogP) is 1.48. The maximum absolute atomic E-state index is 12.0. The van der Waals surface area contributed by atoms with Crippen LogP contribution in [0.3, 0.4) is 0 Å². The van der Waals surface area contributed by atoms with Crippen LogP contribution in [0.4, 0.5) is 0 Å². The average molecular weight is 302 g/mol. The molecule has 0 bridgehead atoms. The maximum Gasteiger partial charge on any atom is 0.326 e. The molecule has 22 heavy (non-hydrogen) atoms. The van der Waals surface area contributed by atoms with Crippen LogP contribution in [0.15, 0.2) is 24.4 Å². The van der Waals surface area contributed by atoms with Gasteiger partial charge in [0, 0.05) is 11.9 Å². The first kappa shape index (κ1) is 15.7. The van der Waals surface area contributed by atoms with Crippen LogP contribution < -0.4 is 5.32 Å². The minimum atomic E-state index is -1.05. The zero-order valence-corrected chi connectivity index (χ0v) is 12.7. The zero-order valence-electron chi connectivity index (χ0n) is 12.7. The SMILES string of the molecule is CCC(NC(=O)c1ccc(-n2nc(C)cc2C)nc1)C(=O)O. The van der Waals surface area contributed by atoms with Gasteiger partial charge in [-0.1, -0.05) is 6.92 Å². The third-order valence-corrected chi connectivity index (χ3v) is 3.25. The third kappa shape index (κ3) is 3.30. The van der Waals surface area contributed by atoms with Crippen LogP contribution in [0.25, 0.3) is 5.82 Å². The van der Waals surface area contributed by atoms with Gasteiger partial charge >= 0.3 is 5.97 Å². The van der Waals surface area contributed by atoms with Crippen molar-refractivity contribution in [1.82, 2.24) is 20.1 Å². The number of nitrogens with one attached hydrogen (secondary N) is 1. The average Bonchev–Trinajstić information content (AvgIpc) is 2.83. The van der Waals surface area contributed by atoms with E-state index in [4.69, 9.17) is 5.11 Å². The van der Waals surface area contributed by atoms with E-state index in [0.717, 1.165) is 11.4 Å². The van der Waals surface area contributed by atoms with Crippen molar-refractivity contribution < 1.29 is 14.7 Å². The Morgan fingerprint density at radius 2 is 2.09 bits per heavy atom. The van der Waals surface area contributed by atoms with Crippen molar-refractivity contribution in [3.05, 3.63) is 41.3 Å². The summed E-state index contributed by atoms with van der Waals surface area (Å²) in [5.41, 5.74) is 2.14. The molecule has 2 aromatic rings. The quantitative estimate of drug-likeness (QED) is 0.872. The molecular weight excluding hydrogens is 284 g/mol. The summed E-state index contributed by atoms with van der Waals surface area (Å²) in [6, 6.07) is 4.31. The Kier molecular flexibility index (Phi) is 4.55. The van der Waals surface area contributed by atoms with Crippen molar-refractivity contribution in [2.75, 3.05) is 0 Å². The summed E-state index contributed by atoms with van der Waals surface area (Å²) < 4.78 is 1.68. The van der Waals surface area contributed by atoms with Crippen molar-refractivity contribution in [2.24, 2.45) is 0 Å². The molecule has 0 radical (unpaired) electrons. The topological polar surface area (TPSA) is 97.1 Å². The van der Waals surface area contributed by atoms with Crippen LogP contribution in [0, 0.1) is 13.8 Å². The standard InChI is InChI=1S/C15H18N4O3/c1-4-12(15(21)22)17-14(20)11-5-6-13(16-8-11)19-10(3)7-9(2)18-19/h5-8,12H,4H2,1-3H3,(H,17,20)(H,21,22). The molecule has 0 aliphatic heterocycles. The summed E-state index contributed by atoms with van der Waals surface area (Å²) in [5.74, 6) is -0.905. The smallest absolute Gasteiger partial charge is 0.326 e. The highest BCUT2D eigenvalue weighted by Crippen LogP contribution is 2.10. The third-order valence-electron chi connectivity index (χ3n) is 3.25. The van der Waals surface area contributed by atoms with E-state index in [1.807, 2.05) is 19.9 Å². The van der Waals surface area contributed by atoms with Crippen molar-refractivity contribution in [2.45, 2.75) is 33.2 Å². The summed E-state index contributed by atoms with van der Waals surface area (Å²) in [6.45, 7) is 5.51. The van der Waals surface area contributed by atoms with E-state index >= 15 is 0 Å². The molecule has 0 spiro atoms. The number of pyridine rings is 1. The van der Waals surface area contributed by atoms with Gasteiger partial charge in [-0.3, -0.25) is 4.79 Å². The Bertz CT molecular complexity index is 691. The number of nitrogens with zero attached hydrogens (tertiary/aromatic N) is 3. The zero-order chi connectivity index (χ0) is 16.3. The maximum atomic E-state index is 12.0. The second-order valence-electron chi connectivity index (χ2n) is 5.02. The Morgan fingerprint density at radius 3 is 2.55 bits per heavy atom. The van der Waals surface area contributed by atoms with Gasteiger partial charge in [-0.15, -0.1) is 0 Å². The van der Waals surface area contributed by atoms with Crippen LogP contribution in [0.2, 0.25) is 0 Å². The number of aromatic nitrogens is 3. The van der Waals surface area contributed by atoms with E-state index in [9.17, 15) is 9.59 Å². The summed E-state index contributed by atoms with van der Waals surface area (Å²) in [7, 11) is 0. The highest BCUT2D eigenvalue weighted by molar-refractivity contribution is 5.96. The van der Waals surface area contributed by atoms with Gasteiger partial charge in [0.15, 0.2) is 5.82 Å². The number of carboxylic acid groups (broad SMARTS) is 1. The van der Waals surface area contributed by atoms with E-state index in [1.165, 1.54) is 6.20 Å². The fourth-order valence-electron chi connectivity index (χ4n) is 2.09. The molecule has 0 fully saturated rings. The number of aliphatic carboxylic acids is 1. The molecule has 2 heterocycles. The lowest BCUT2D eigenvalue weighted by atomic mass is 10.2. The number of hydrogen-bond acceptors (Lipinski definition) is 4. The molecule has 116 valence electrons. The molecular formula is C15H18N4O3. The lowest BCUT2D eigenvalue weighted by Crippen LogP contribution is -2.40. The highest BCUT2D eigenvalue weighted by atomic mass is 16.4. The van der Waals surface area contributed by atoms with Crippen molar-refractivity contribution in [3.63, 3.8) is 0 Å². The number of carboxylic acids is 1. The molecule has 2 aromatic heterocycles. The van der Waals surface area contributed by atoms with Gasteiger partial charge in [0.25, 0.3) is 5.91 Å². The van der Waals surface area contributed by atoms with Crippen molar-refractivity contribution in [1.29, 1.82) is 0 Å². The largest absolute Gasteiger partial charge is 0.480 e. The monoisotopic (exact) mass is 302 g/mol. The van der Waals surface area contributed by atoms with E-state index in [0.29, 0.717) is 17.8 Å². The Morgan fingerprint density at radius 1 is 1.36 bits per heavy atom. The number of carbonyl (C=O) groups excluding carboxylic acids is 1. The normalized spacial score (nSPS) is 12.0. The summed E-state index contributed by atoms with van der Waals surface area (Å²) >= 11 is 0. The predicted molar refractivity (Wildman–Crippen MR) is 80.0 cm³/mol. The van der Waals surface area contributed by atoms with Gasteiger partial charge in [-0.2, -0.15) is 5.10 Å². The molecule has 1 amide bonds. The van der Waals surface area contributed by atoms with Gasteiger partial charge in [-0.05, 0) is 38.5 Å². The first-order valence-electron chi connectivity index (χ1n) is 6.95. The fourth-order valence-corrected chi connectivity index (χ4v) is 2.09. The second kappa shape index (κ2) is 6.38. The van der Waals surface area contributed by atoms with E-state index in [2.05, 4.69) is 15.4 Å². The minimum Gasteiger partial charge on any atom is -0.480 e. The first-order valence-corrected chi connectivity index (χ1v) is 6.95. The molecule has 2 rings (SSSR count). The van der Waals surface area contributed by atoms with E-state index in [-0.39, 0.29) is 0 Å². The second-order valence-corrected chi connectivity index (χ2v) is 5.02. The molecule has 0 aromatic carbocycles. The first-order chi connectivity index (χ1) is 10.4. The number of hydrogen-bond donors (Lipinski definition) is 2. The number of rotatable bonds is 5. The van der Waals surface area contributed by atoms with Crippen LogP contribution in [-0.4, -0.2) is 37.8 Å². The highest BCUT2D eigenvalue weighted by Gasteiger charge is 2.18. The molecule has 0 saturated carbocycles. The number of carbonyl (C=O) groups is 2. The van der Waals surface area contributed by atoms with Gasteiger partial charge < -0.3 is 10.4 Å². The summed E-state index contributed by atoms with van der Waals surface area (Å²) in [4.78, 5) is 27.1. The van der Waals surface area contributed by atoms with Crippen LogP contribution >= 0.6 is 0 Å². The molecule has 0 saturated heterocycles. The van der Waals surface area contributed by atoms with Gasteiger partial charge in [-0.25, -0.2) is 14.5 Å². The van der Waals surface area contributed by atoms with Crippen LogP contribution in [0.5, 0.6) is 0 Å². The molecule has 0 aliphatic carbocycles. The fraction of sp³-hybridized carbons (Fsp3) is 0.333. The lowest BCUT2D eigenvalue weighted by Gasteiger charge is -2.12. The lowest BCUT2D eigenvalue weighted by molar-refractivity contribution is -0.139. The Balaban J connectivity index is 2.16. The summed E-state index contributed by atoms with van der Waals surface area (Å²) in [6.07, 6.45) is 1.73. The van der Waals surface area contributed by atoms with Crippen LogP contribution in [-0.2, 0) is 4.79 Å². The van der Waals surface area contributed by atoms with E-state index < -0.39 is 17.9 Å². The van der Waals surface area contributed by atoms with Gasteiger partial charge in [0.05, 0.1) is 11.3 Å². The van der Waals surface area contributed by atoms with Gasteiger partial charge in [0.1, 0.15) is 6.04 Å². The molecule has 7 heteroatoms. The molecule has 2 N–H and O–H groups in total. The number of amides is 1. The molecule has 0 aliphatic rings. The molecule has 1 atom stereocenters. The number of aryl methyl sites for hydroxylation is 2. The van der Waals surface area contributed by atoms with E-state index in [1.54, 1.807) is 23.7 Å². The van der Waals surface area contributed by atoms with Crippen LogP contribution in [0.1, 0.15) is 35.1 Å². The van der Waals surface area contributed by atoms with Crippen molar-refractivity contribution >= 4 is 11.9 Å². The molecule has 7 nitrogen and oxygen atoms in total. The minimum absolute atomic E-state index is 0.310. The molecule has 1 unspecified atom stereocenters. The summed E-state index contributed by atoms with van der Waals surface area (Å²) in [5, 5.41) is 15.7.